The Balaban J connectivity index is 1.95. The Bertz CT molecular complexity index is 719. The van der Waals surface area contributed by atoms with Gasteiger partial charge in [-0.15, -0.1) is 0 Å². The third kappa shape index (κ3) is 4.71. The minimum Gasteiger partial charge on any atom is -0.482 e. The molecule has 0 saturated heterocycles. The fourth-order valence-corrected chi connectivity index (χ4v) is 2.47. The first-order valence-electron chi connectivity index (χ1n) is 8.17. The first-order valence-corrected chi connectivity index (χ1v) is 8.17. The summed E-state index contributed by atoms with van der Waals surface area (Å²) in [5.41, 5.74) is 5.03. The van der Waals surface area contributed by atoms with Gasteiger partial charge in [-0.3, -0.25) is 34.9 Å². The molecule has 0 fully saturated rings. The van der Waals surface area contributed by atoms with Crippen molar-refractivity contribution in [1.29, 1.82) is 0 Å². The van der Waals surface area contributed by atoms with Crippen molar-refractivity contribution in [2.24, 2.45) is 5.92 Å². The number of hydrazine groups is 1. The largest absolute Gasteiger partial charge is 0.482 e. The fraction of sp³-hybridized carbons (Fsp3) is 0.412. The van der Waals surface area contributed by atoms with E-state index in [-0.39, 0.29) is 30.9 Å². The van der Waals surface area contributed by atoms with Crippen molar-refractivity contribution in [3.05, 3.63) is 24.3 Å². The Labute approximate surface area is 151 Å². The molecular formula is C17H22N4O5. The van der Waals surface area contributed by atoms with Crippen LogP contribution in [0.25, 0.3) is 0 Å². The number of carbonyl (C=O) groups is 4. The second kappa shape index (κ2) is 8.32. The predicted octanol–water partition coefficient (Wildman–Crippen LogP) is -0.280. The van der Waals surface area contributed by atoms with Gasteiger partial charge < -0.3 is 10.1 Å². The zero-order valence-electron chi connectivity index (χ0n) is 14.9. The molecule has 0 aliphatic carbocycles. The highest BCUT2D eigenvalue weighted by molar-refractivity contribution is 6.02. The van der Waals surface area contributed by atoms with Crippen LogP contribution in [0.4, 0.5) is 5.69 Å². The van der Waals surface area contributed by atoms with Gasteiger partial charge in [-0.05, 0) is 18.1 Å². The Hall–Kier alpha value is -3.10. The van der Waals surface area contributed by atoms with Gasteiger partial charge in [0.2, 0.25) is 5.91 Å². The number of carbonyl (C=O) groups excluding carboxylic acids is 4. The molecule has 0 unspecified atom stereocenters. The summed E-state index contributed by atoms with van der Waals surface area (Å²) in [5.74, 6) is -1.48. The normalized spacial score (nSPS) is 14.2. The fourth-order valence-electron chi connectivity index (χ4n) is 2.47. The summed E-state index contributed by atoms with van der Waals surface area (Å²) in [6.07, 6.45) is 0. The van der Waals surface area contributed by atoms with Crippen LogP contribution in [-0.2, 0) is 19.2 Å². The number of fused-ring (bicyclic) bond motifs is 1. The number of rotatable bonds is 5. The van der Waals surface area contributed by atoms with E-state index in [9.17, 15) is 19.2 Å². The van der Waals surface area contributed by atoms with Gasteiger partial charge >= 0.3 is 0 Å². The van der Waals surface area contributed by atoms with Crippen LogP contribution in [0.5, 0.6) is 5.75 Å². The summed E-state index contributed by atoms with van der Waals surface area (Å²) >= 11 is 0. The Morgan fingerprint density at radius 1 is 1.19 bits per heavy atom. The number of hydrogen-bond acceptors (Lipinski definition) is 5. The number of amides is 4. The molecule has 0 saturated carbocycles. The van der Waals surface area contributed by atoms with Gasteiger partial charge in [0.25, 0.3) is 17.7 Å². The number of anilines is 1. The van der Waals surface area contributed by atoms with Gasteiger partial charge in [0, 0.05) is 6.92 Å². The van der Waals surface area contributed by atoms with E-state index in [0.717, 1.165) is 0 Å². The van der Waals surface area contributed by atoms with E-state index in [1.807, 2.05) is 0 Å². The Morgan fingerprint density at radius 3 is 2.54 bits per heavy atom. The topological polar surface area (TPSA) is 117 Å². The maximum Gasteiger partial charge on any atom is 0.265 e. The third-order valence-electron chi connectivity index (χ3n) is 3.74. The van der Waals surface area contributed by atoms with Crippen LogP contribution in [0, 0.1) is 5.92 Å². The molecule has 1 aromatic carbocycles. The average Bonchev–Trinajstić information content (AvgIpc) is 2.59. The lowest BCUT2D eigenvalue weighted by molar-refractivity contribution is -0.132. The summed E-state index contributed by atoms with van der Waals surface area (Å²) in [6.45, 7) is 4.42. The summed E-state index contributed by atoms with van der Waals surface area (Å²) in [5, 5.41) is 2.52. The van der Waals surface area contributed by atoms with Crippen molar-refractivity contribution in [2.75, 3.05) is 18.1 Å². The van der Waals surface area contributed by atoms with Gasteiger partial charge in [0.1, 0.15) is 18.3 Å². The van der Waals surface area contributed by atoms with Gasteiger partial charge in [0.15, 0.2) is 6.61 Å². The summed E-state index contributed by atoms with van der Waals surface area (Å²) in [7, 11) is 0. The predicted molar refractivity (Wildman–Crippen MR) is 93.0 cm³/mol. The molecule has 0 aromatic heterocycles. The van der Waals surface area contributed by atoms with E-state index in [4.69, 9.17) is 4.74 Å². The number of nitrogens with one attached hydrogen (secondary N) is 3. The van der Waals surface area contributed by atoms with Crippen molar-refractivity contribution < 1.29 is 23.9 Å². The highest BCUT2D eigenvalue weighted by atomic mass is 16.5. The molecule has 26 heavy (non-hydrogen) atoms. The van der Waals surface area contributed by atoms with Gasteiger partial charge in [-0.1, -0.05) is 26.0 Å². The standard InChI is InChI=1S/C17H22N4O5/c1-10(2)16(18-11(3)22)17(25)20-19-14(23)8-21-12-6-4-5-7-13(12)26-9-15(21)24/h4-7,10,16H,8-9H2,1-3H3,(H,18,22)(H,19,23)(H,20,25)/t16-/m0/s1. The van der Waals surface area contributed by atoms with Crippen LogP contribution in [0.1, 0.15) is 20.8 Å². The number of nitrogens with zero attached hydrogens (tertiary/aromatic N) is 1. The van der Waals surface area contributed by atoms with E-state index in [2.05, 4.69) is 16.2 Å². The molecule has 4 amide bonds. The SMILES string of the molecule is CC(=O)N[C@H](C(=O)NNC(=O)CN1C(=O)COc2ccccc21)C(C)C. The molecule has 9 heteroatoms. The first kappa shape index (κ1) is 19.2. The Morgan fingerprint density at radius 2 is 1.88 bits per heavy atom. The highest BCUT2D eigenvalue weighted by Crippen LogP contribution is 2.30. The lowest BCUT2D eigenvalue weighted by Crippen LogP contribution is -2.55. The van der Waals surface area contributed by atoms with Gasteiger partial charge in [-0.25, -0.2) is 0 Å². The third-order valence-corrected chi connectivity index (χ3v) is 3.74. The molecule has 1 aliphatic heterocycles. The molecule has 0 bridgehead atoms. The monoisotopic (exact) mass is 362 g/mol. The molecule has 0 spiro atoms. The molecule has 1 aliphatic rings. The summed E-state index contributed by atoms with van der Waals surface area (Å²) < 4.78 is 5.31. The molecule has 1 heterocycles. The molecular weight excluding hydrogens is 340 g/mol. The Kier molecular flexibility index (Phi) is 6.16. The molecule has 140 valence electrons. The van der Waals surface area contributed by atoms with Crippen molar-refractivity contribution in [3.8, 4) is 5.75 Å². The minimum absolute atomic E-state index is 0.158. The number of para-hydroxylation sites is 2. The quantitative estimate of drug-likeness (QED) is 0.623. The molecule has 2 rings (SSSR count). The lowest BCUT2D eigenvalue weighted by atomic mass is 10.0. The van der Waals surface area contributed by atoms with Crippen LogP contribution in [0.2, 0.25) is 0 Å². The lowest BCUT2D eigenvalue weighted by Gasteiger charge is -2.28. The smallest absolute Gasteiger partial charge is 0.265 e. The maximum absolute atomic E-state index is 12.1. The highest BCUT2D eigenvalue weighted by Gasteiger charge is 2.28. The van der Waals surface area contributed by atoms with Crippen LogP contribution in [0.15, 0.2) is 24.3 Å². The number of hydrogen-bond donors (Lipinski definition) is 3. The van der Waals surface area contributed by atoms with E-state index >= 15 is 0 Å². The van der Waals surface area contributed by atoms with Crippen molar-refractivity contribution >= 4 is 29.3 Å². The average molecular weight is 362 g/mol. The molecule has 9 nitrogen and oxygen atoms in total. The van der Waals surface area contributed by atoms with E-state index in [1.54, 1.807) is 38.1 Å². The minimum atomic E-state index is -0.779. The van der Waals surface area contributed by atoms with Crippen molar-refractivity contribution in [2.45, 2.75) is 26.8 Å². The van der Waals surface area contributed by atoms with E-state index < -0.39 is 17.9 Å². The van der Waals surface area contributed by atoms with Gasteiger partial charge in [0.05, 0.1) is 5.69 Å². The van der Waals surface area contributed by atoms with E-state index in [0.29, 0.717) is 11.4 Å². The van der Waals surface area contributed by atoms with Crippen LogP contribution in [-0.4, -0.2) is 42.8 Å². The zero-order valence-corrected chi connectivity index (χ0v) is 14.9. The number of ether oxygens (including phenoxy) is 1. The first-order chi connectivity index (χ1) is 12.3. The second-order valence-corrected chi connectivity index (χ2v) is 6.20. The number of benzene rings is 1. The van der Waals surface area contributed by atoms with Crippen LogP contribution in [0.3, 0.4) is 0 Å². The summed E-state index contributed by atoms with van der Waals surface area (Å²) in [6, 6.07) is 6.09. The van der Waals surface area contributed by atoms with Crippen molar-refractivity contribution in [1.82, 2.24) is 16.2 Å². The van der Waals surface area contributed by atoms with Crippen LogP contribution >= 0.6 is 0 Å². The molecule has 3 N–H and O–H groups in total. The molecule has 0 radical (unpaired) electrons. The van der Waals surface area contributed by atoms with E-state index in [1.165, 1.54) is 11.8 Å². The zero-order chi connectivity index (χ0) is 19.3. The second-order valence-electron chi connectivity index (χ2n) is 6.20. The van der Waals surface area contributed by atoms with Gasteiger partial charge in [-0.2, -0.15) is 0 Å². The van der Waals surface area contributed by atoms with Crippen molar-refractivity contribution in [3.63, 3.8) is 0 Å². The maximum atomic E-state index is 12.1. The van der Waals surface area contributed by atoms with Crippen LogP contribution < -0.4 is 25.8 Å². The molecule has 1 aromatic rings. The molecule has 1 atom stereocenters. The summed E-state index contributed by atoms with van der Waals surface area (Å²) in [4.78, 5) is 48.8.